The lowest BCUT2D eigenvalue weighted by molar-refractivity contribution is 0.224. The molecule has 5 heteroatoms. The molecular formula is C40H68N2O2S. The Bertz CT molecular complexity index is 954. The van der Waals surface area contributed by atoms with Crippen LogP contribution in [0.3, 0.4) is 0 Å². The van der Waals surface area contributed by atoms with Gasteiger partial charge in [-0.3, -0.25) is 0 Å². The molecule has 2 aromatic rings. The number of nitrogens with zero attached hydrogens (tertiary/aromatic N) is 2. The first-order valence-corrected chi connectivity index (χ1v) is 20.5. The molecule has 1 aliphatic carbocycles. The van der Waals surface area contributed by atoms with Crippen LogP contribution in [0.5, 0.6) is 0 Å². The van der Waals surface area contributed by atoms with Crippen LogP contribution < -0.4 is 0 Å². The molecule has 0 aromatic carbocycles. The van der Waals surface area contributed by atoms with Crippen molar-refractivity contribution < 1.29 is 9.47 Å². The van der Waals surface area contributed by atoms with Gasteiger partial charge in [0.05, 0.1) is 13.2 Å². The standard InChI is InChI=1S/C40H68N2O2S/c1-3-5-7-9-11-13-15-17-19-21-23-25-27-29-31-43-39-37-38(42-36-34-45-33-35(36)41-37)40(39)44-32-30-28-26-24-22-20-18-16-14-12-10-8-6-4-2/h33-34H,3-32H2,1-2H3. The van der Waals surface area contributed by atoms with E-state index < -0.39 is 0 Å². The Kier molecular flexibility index (Phi) is 21.4. The molecule has 4 nitrogen and oxygen atoms in total. The number of hydrogen-bond acceptors (Lipinski definition) is 5. The second-order valence-electron chi connectivity index (χ2n) is 13.6. The zero-order valence-corrected chi connectivity index (χ0v) is 30.3. The van der Waals surface area contributed by atoms with E-state index in [1.807, 2.05) is 0 Å². The van der Waals surface area contributed by atoms with E-state index in [9.17, 15) is 0 Å². The fourth-order valence-corrected chi connectivity index (χ4v) is 7.15. The summed E-state index contributed by atoms with van der Waals surface area (Å²) in [5.41, 5.74) is 3.70. The van der Waals surface area contributed by atoms with Gasteiger partial charge in [0, 0.05) is 10.8 Å². The fourth-order valence-electron chi connectivity index (χ4n) is 6.48. The summed E-state index contributed by atoms with van der Waals surface area (Å²) < 4.78 is 12.6. The van der Waals surface area contributed by atoms with Crippen molar-refractivity contribution >= 4 is 33.9 Å². The minimum Gasteiger partial charge on any atom is -0.487 e. The molecule has 0 aliphatic heterocycles. The monoisotopic (exact) mass is 641 g/mol. The highest BCUT2D eigenvalue weighted by Gasteiger charge is 2.34. The number of thiophene rings is 1. The molecule has 1 aliphatic rings. The van der Waals surface area contributed by atoms with Gasteiger partial charge in [-0.1, -0.05) is 181 Å². The van der Waals surface area contributed by atoms with Crippen LogP contribution in [0.2, 0.25) is 0 Å². The number of fused-ring (bicyclic) bond motifs is 2. The van der Waals surface area contributed by atoms with Gasteiger partial charge in [-0.2, -0.15) is 0 Å². The van der Waals surface area contributed by atoms with E-state index in [4.69, 9.17) is 19.4 Å². The predicted octanol–water partition coefficient (Wildman–Crippen LogP) is 13.8. The fraction of sp³-hybridized carbons (Fsp3) is 0.800. The van der Waals surface area contributed by atoms with E-state index in [1.165, 1.54) is 167 Å². The molecule has 0 amide bonds. The molecule has 2 aromatic heterocycles. The molecule has 45 heavy (non-hydrogen) atoms. The van der Waals surface area contributed by atoms with Crippen LogP contribution in [-0.2, 0) is 9.47 Å². The summed E-state index contributed by atoms with van der Waals surface area (Å²) in [7, 11) is 0. The number of aromatic nitrogens is 2. The zero-order valence-electron chi connectivity index (χ0n) is 29.5. The van der Waals surface area contributed by atoms with Crippen molar-refractivity contribution in [2.24, 2.45) is 0 Å². The van der Waals surface area contributed by atoms with Gasteiger partial charge in [-0.15, -0.1) is 11.3 Å². The highest BCUT2D eigenvalue weighted by molar-refractivity contribution is 7.09. The summed E-state index contributed by atoms with van der Waals surface area (Å²) in [6, 6.07) is 0. The summed E-state index contributed by atoms with van der Waals surface area (Å²) in [5, 5.41) is 4.14. The topological polar surface area (TPSA) is 44.2 Å². The van der Waals surface area contributed by atoms with Crippen LogP contribution in [0.25, 0.3) is 22.6 Å². The van der Waals surface area contributed by atoms with E-state index in [0.717, 1.165) is 60.0 Å². The number of unbranched alkanes of at least 4 members (excludes halogenated alkanes) is 26. The number of rotatable bonds is 32. The van der Waals surface area contributed by atoms with Gasteiger partial charge in [0.15, 0.2) is 11.5 Å². The van der Waals surface area contributed by atoms with E-state index in [1.54, 1.807) is 11.3 Å². The molecule has 2 heterocycles. The molecular weight excluding hydrogens is 573 g/mol. The molecule has 0 atom stereocenters. The average Bonchev–Trinajstić information content (AvgIpc) is 3.52. The second kappa shape index (κ2) is 25.5. The lowest BCUT2D eigenvalue weighted by atomic mass is 10.0. The van der Waals surface area contributed by atoms with E-state index in [0.29, 0.717) is 0 Å². The molecule has 0 fully saturated rings. The zero-order chi connectivity index (χ0) is 31.6. The smallest absolute Gasteiger partial charge is 0.191 e. The van der Waals surface area contributed by atoms with E-state index in [-0.39, 0.29) is 0 Å². The first-order chi connectivity index (χ1) is 22.3. The highest BCUT2D eigenvalue weighted by atomic mass is 32.1. The SMILES string of the molecule is CCCCCCCCCCCCCCCCOC1=C(OCCCCCCCCCCCCCCCC)c2nc3cscc3nc21. The number of hydrogen-bond donors (Lipinski definition) is 0. The quantitative estimate of drug-likeness (QED) is 0.0746. The third-order valence-corrected chi connectivity index (χ3v) is 10.2. The third kappa shape index (κ3) is 15.7. The summed E-state index contributed by atoms with van der Waals surface area (Å²) in [5.74, 6) is 1.68. The maximum atomic E-state index is 6.28. The van der Waals surface area contributed by atoms with Crippen LogP contribution in [0.15, 0.2) is 10.8 Å². The Morgan fingerprint density at radius 2 is 0.667 bits per heavy atom. The van der Waals surface area contributed by atoms with Crippen molar-refractivity contribution in [2.75, 3.05) is 13.2 Å². The Morgan fingerprint density at radius 1 is 0.400 bits per heavy atom. The molecule has 0 spiro atoms. The molecule has 0 bridgehead atoms. The summed E-state index contributed by atoms with van der Waals surface area (Å²) in [6.45, 7) is 6.06. The summed E-state index contributed by atoms with van der Waals surface area (Å²) in [6.07, 6.45) is 38.3. The van der Waals surface area contributed by atoms with Crippen LogP contribution in [-0.4, -0.2) is 23.2 Å². The number of ether oxygens (including phenoxy) is 2. The van der Waals surface area contributed by atoms with Crippen molar-refractivity contribution in [2.45, 2.75) is 194 Å². The van der Waals surface area contributed by atoms with Gasteiger partial charge in [0.25, 0.3) is 0 Å². The molecule has 0 saturated carbocycles. The van der Waals surface area contributed by atoms with Crippen molar-refractivity contribution in [3.05, 3.63) is 22.1 Å². The van der Waals surface area contributed by atoms with E-state index in [2.05, 4.69) is 24.6 Å². The maximum Gasteiger partial charge on any atom is 0.191 e. The van der Waals surface area contributed by atoms with Crippen LogP contribution in [0.4, 0.5) is 0 Å². The van der Waals surface area contributed by atoms with Crippen molar-refractivity contribution in [3.8, 4) is 0 Å². The Hall–Kier alpha value is -1.62. The van der Waals surface area contributed by atoms with Crippen molar-refractivity contribution in [1.82, 2.24) is 9.97 Å². The maximum absolute atomic E-state index is 6.28. The minimum atomic E-state index is 0.738. The van der Waals surface area contributed by atoms with Crippen LogP contribution in [0, 0.1) is 0 Å². The molecule has 0 saturated heterocycles. The molecule has 0 radical (unpaired) electrons. The molecule has 256 valence electrons. The molecule has 0 unspecified atom stereocenters. The van der Waals surface area contributed by atoms with Crippen LogP contribution in [0.1, 0.15) is 205 Å². The van der Waals surface area contributed by atoms with Gasteiger partial charge in [-0.25, -0.2) is 9.97 Å². The van der Waals surface area contributed by atoms with Gasteiger partial charge in [0.2, 0.25) is 0 Å². The average molecular weight is 641 g/mol. The van der Waals surface area contributed by atoms with Gasteiger partial charge in [0.1, 0.15) is 22.4 Å². The largest absolute Gasteiger partial charge is 0.487 e. The summed E-state index contributed by atoms with van der Waals surface area (Å²) in [4.78, 5) is 9.70. The van der Waals surface area contributed by atoms with Crippen molar-refractivity contribution in [1.29, 1.82) is 0 Å². The molecule has 0 N–H and O–H groups in total. The first kappa shape index (κ1) is 37.8. The normalized spacial score (nSPS) is 12.6. The second-order valence-corrected chi connectivity index (χ2v) is 14.4. The van der Waals surface area contributed by atoms with Gasteiger partial charge < -0.3 is 9.47 Å². The molecule has 3 rings (SSSR count). The van der Waals surface area contributed by atoms with Gasteiger partial charge >= 0.3 is 0 Å². The predicted molar refractivity (Wildman–Crippen MR) is 197 cm³/mol. The lowest BCUT2D eigenvalue weighted by Gasteiger charge is -2.25. The summed E-state index contributed by atoms with van der Waals surface area (Å²) >= 11 is 1.65. The first-order valence-electron chi connectivity index (χ1n) is 19.6. The Labute approximate surface area is 281 Å². The van der Waals surface area contributed by atoms with Crippen molar-refractivity contribution in [3.63, 3.8) is 0 Å². The van der Waals surface area contributed by atoms with Crippen LogP contribution >= 0.6 is 11.3 Å². The minimum absolute atomic E-state index is 0.738. The van der Waals surface area contributed by atoms with E-state index >= 15 is 0 Å². The lowest BCUT2D eigenvalue weighted by Crippen LogP contribution is -2.17. The Balaban J connectivity index is 1.22. The third-order valence-electron chi connectivity index (χ3n) is 9.44. The highest BCUT2D eigenvalue weighted by Crippen LogP contribution is 2.41. The van der Waals surface area contributed by atoms with Gasteiger partial charge in [-0.05, 0) is 12.8 Å². The Morgan fingerprint density at radius 3 is 0.956 bits per heavy atom.